The van der Waals surface area contributed by atoms with E-state index in [-0.39, 0.29) is 0 Å². The highest BCUT2D eigenvalue weighted by atomic mass is 32.1. The molecule has 0 radical (unpaired) electrons. The zero-order valence-electron chi connectivity index (χ0n) is 9.52. The summed E-state index contributed by atoms with van der Waals surface area (Å²) in [6, 6.07) is 0.404. The quantitative estimate of drug-likeness (QED) is 0.882. The zero-order chi connectivity index (χ0) is 11.5. The number of hydrogen-bond donors (Lipinski definition) is 1. The van der Waals surface area contributed by atoms with E-state index in [1.165, 1.54) is 0 Å². The van der Waals surface area contributed by atoms with E-state index in [0.717, 1.165) is 9.88 Å². The molecule has 16 heavy (non-hydrogen) atoms. The van der Waals surface area contributed by atoms with Gasteiger partial charge in [0.2, 0.25) is 5.89 Å². The van der Waals surface area contributed by atoms with Crippen LogP contribution in [0.25, 0.3) is 10.8 Å². The van der Waals surface area contributed by atoms with Crippen molar-refractivity contribution in [2.75, 3.05) is 0 Å². The molecule has 0 unspecified atom stereocenters. The van der Waals surface area contributed by atoms with Crippen molar-refractivity contribution >= 4 is 11.3 Å². The normalized spacial score (nSPS) is 11.2. The minimum atomic E-state index is 0.404. The van der Waals surface area contributed by atoms with Crippen molar-refractivity contribution in [3.63, 3.8) is 0 Å². The first kappa shape index (κ1) is 11.2. The molecule has 0 aliphatic carbocycles. The van der Waals surface area contributed by atoms with Gasteiger partial charge < -0.3 is 9.73 Å². The van der Waals surface area contributed by atoms with Crippen molar-refractivity contribution < 1.29 is 4.42 Å². The third-order valence-corrected chi connectivity index (χ3v) is 2.86. The molecule has 0 spiro atoms. The second kappa shape index (κ2) is 4.71. The third kappa shape index (κ3) is 2.65. The highest BCUT2D eigenvalue weighted by Gasteiger charge is 2.10. The van der Waals surface area contributed by atoms with Gasteiger partial charge >= 0.3 is 0 Å². The fourth-order valence-corrected chi connectivity index (χ4v) is 1.88. The Hall–Kier alpha value is -1.27. The lowest BCUT2D eigenvalue weighted by atomic mass is 10.4. The molecular formula is C10H14N4OS. The van der Waals surface area contributed by atoms with E-state index >= 15 is 0 Å². The predicted molar refractivity (Wildman–Crippen MR) is 62.1 cm³/mol. The van der Waals surface area contributed by atoms with Crippen LogP contribution < -0.4 is 5.32 Å². The van der Waals surface area contributed by atoms with Crippen LogP contribution >= 0.6 is 11.3 Å². The van der Waals surface area contributed by atoms with E-state index < -0.39 is 0 Å². The van der Waals surface area contributed by atoms with Crippen LogP contribution in [0, 0.1) is 6.92 Å². The van der Waals surface area contributed by atoms with Gasteiger partial charge in [0.15, 0.2) is 0 Å². The summed E-state index contributed by atoms with van der Waals surface area (Å²) in [5, 5.41) is 12.2. The molecule has 2 rings (SSSR count). The van der Waals surface area contributed by atoms with Gasteiger partial charge in [0, 0.05) is 6.04 Å². The van der Waals surface area contributed by atoms with Crippen LogP contribution in [-0.4, -0.2) is 21.2 Å². The van der Waals surface area contributed by atoms with E-state index in [1.54, 1.807) is 17.5 Å². The van der Waals surface area contributed by atoms with Crippen LogP contribution in [0.15, 0.2) is 10.6 Å². The summed E-state index contributed by atoms with van der Waals surface area (Å²) in [6.45, 7) is 6.70. The van der Waals surface area contributed by atoms with Gasteiger partial charge in [0.05, 0.1) is 17.7 Å². The minimum Gasteiger partial charge on any atom is -0.418 e. The van der Waals surface area contributed by atoms with E-state index in [0.29, 0.717) is 24.4 Å². The fourth-order valence-electron chi connectivity index (χ4n) is 1.18. The molecule has 1 N–H and O–H groups in total. The van der Waals surface area contributed by atoms with Gasteiger partial charge in [0.1, 0.15) is 4.88 Å². The summed E-state index contributed by atoms with van der Waals surface area (Å²) < 4.78 is 5.52. The van der Waals surface area contributed by atoms with Crippen LogP contribution in [0.1, 0.15) is 24.7 Å². The SMILES string of the molecule is Cc1ncc(-c2nnc(CNC(C)C)o2)s1. The lowest BCUT2D eigenvalue weighted by molar-refractivity contribution is 0.459. The Labute approximate surface area is 97.9 Å². The molecule has 0 aliphatic heterocycles. The van der Waals surface area contributed by atoms with Crippen molar-refractivity contribution in [3.05, 3.63) is 17.1 Å². The van der Waals surface area contributed by atoms with Crippen molar-refractivity contribution in [1.29, 1.82) is 0 Å². The number of thiazole rings is 1. The van der Waals surface area contributed by atoms with Crippen molar-refractivity contribution in [2.24, 2.45) is 0 Å². The molecule has 5 nitrogen and oxygen atoms in total. The third-order valence-electron chi connectivity index (χ3n) is 1.96. The molecule has 6 heteroatoms. The Balaban J connectivity index is 2.07. The Morgan fingerprint density at radius 2 is 2.25 bits per heavy atom. The summed E-state index contributed by atoms with van der Waals surface area (Å²) in [6.07, 6.45) is 1.76. The Morgan fingerprint density at radius 1 is 1.44 bits per heavy atom. The lowest BCUT2D eigenvalue weighted by Crippen LogP contribution is -2.21. The maximum Gasteiger partial charge on any atom is 0.259 e. The first-order valence-corrected chi connectivity index (χ1v) is 5.95. The van der Waals surface area contributed by atoms with Crippen LogP contribution in [0.5, 0.6) is 0 Å². The molecule has 0 aromatic carbocycles. The maximum absolute atomic E-state index is 5.52. The van der Waals surface area contributed by atoms with Gasteiger partial charge in [-0.3, -0.25) is 0 Å². The van der Waals surface area contributed by atoms with Gasteiger partial charge in [-0.2, -0.15) is 0 Å². The number of nitrogens with one attached hydrogen (secondary N) is 1. The average molecular weight is 238 g/mol. The van der Waals surface area contributed by atoms with Gasteiger partial charge in [0.25, 0.3) is 5.89 Å². The van der Waals surface area contributed by atoms with Crippen molar-refractivity contribution in [1.82, 2.24) is 20.5 Å². The Morgan fingerprint density at radius 3 is 2.88 bits per heavy atom. The molecule has 2 aromatic heterocycles. The molecule has 0 amide bonds. The number of aromatic nitrogens is 3. The van der Waals surface area contributed by atoms with Gasteiger partial charge in [-0.15, -0.1) is 21.5 Å². The smallest absolute Gasteiger partial charge is 0.259 e. The number of nitrogens with zero attached hydrogens (tertiary/aromatic N) is 3. The number of aryl methyl sites for hydroxylation is 1. The maximum atomic E-state index is 5.52. The molecule has 2 aromatic rings. The summed E-state index contributed by atoms with van der Waals surface area (Å²) in [4.78, 5) is 5.07. The summed E-state index contributed by atoms with van der Waals surface area (Å²) in [5.41, 5.74) is 0. The second-order valence-corrected chi connectivity index (χ2v) is 5.01. The predicted octanol–water partition coefficient (Wildman–Crippen LogP) is 2.00. The Bertz CT molecular complexity index is 463. The fraction of sp³-hybridized carbons (Fsp3) is 0.500. The topological polar surface area (TPSA) is 63.8 Å². The number of rotatable bonds is 4. The highest BCUT2D eigenvalue weighted by molar-refractivity contribution is 7.14. The summed E-state index contributed by atoms with van der Waals surface area (Å²) >= 11 is 1.55. The van der Waals surface area contributed by atoms with E-state index in [4.69, 9.17) is 4.42 Å². The number of hydrogen-bond acceptors (Lipinski definition) is 6. The van der Waals surface area contributed by atoms with Gasteiger partial charge in [-0.1, -0.05) is 13.8 Å². The molecule has 86 valence electrons. The van der Waals surface area contributed by atoms with Gasteiger partial charge in [-0.05, 0) is 6.92 Å². The van der Waals surface area contributed by atoms with Crippen LogP contribution in [-0.2, 0) is 6.54 Å². The van der Waals surface area contributed by atoms with Crippen LogP contribution in [0.2, 0.25) is 0 Å². The standard InChI is InChI=1S/C10H14N4OS/c1-6(2)11-5-9-13-14-10(15-9)8-4-12-7(3)16-8/h4,6,11H,5H2,1-3H3. The molecule has 2 heterocycles. The molecule has 0 bridgehead atoms. The largest absolute Gasteiger partial charge is 0.418 e. The average Bonchev–Trinajstić information content (AvgIpc) is 2.83. The van der Waals surface area contributed by atoms with E-state index in [1.807, 2.05) is 6.92 Å². The second-order valence-electron chi connectivity index (χ2n) is 3.78. The highest BCUT2D eigenvalue weighted by Crippen LogP contribution is 2.24. The van der Waals surface area contributed by atoms with Crippen molar-refractivity contribution in [3.8, 4) is 10.8 Å². The molecule has 0 saturated carbocycles. The summed E-state index contributed by atoms with van der Waals surface area (Å²) in [7, 11) is 0. The van der Waals surface area contributed by atoms with Crippen LogP contribution in [0.4, 0.5) is 0 Å². The molecular weight excluding hydrogens is 224 g/mol. The first-order chi connectivity index (χ1) is 7.65. The lowest BCUT2D eigenvalue weighted by Gasteiger charge is -2.03. The van der Waals surface area contributed by atoms with Gasteiger partial charge in [-0.25, -0.2) is 4.98 Å². The molecule has 0 saturated heterocycles. The first-order valence-electron chi connectivity index (χ1n) is 5.13. The zero-order valence-corrected chi connectivity index (χ0v) is 10.3. The molecule has 0 fully saturated rings. The van der Waals surface area contributed by atoms with E-state index in [2.05, 4.69) is 34.3 Å². The summed E-state index contributed by atoms with van der Waals surface area (Å²) in [5.74, 6) is 1.15. The molecule has 0 atom stereocenters. The van der Waals surface area contributed by atoms with Crippen molar-refractivity contribution in [2.45, 2.75) is 33.4 Å². The van der Waals surface area contributed by atoms with E-state index in [9.17, 15) is 0 Å². The monoisotopic (exact) mass is 238 g/mol. The molecule has 0 aliphatic rings. The van der Waals surface area contributed by atoms with Crippen LogP contribution in [0.3, 0.4) is 0 Å². The minimum absolute atomic E-state index is 0.404. The Kier molecular flexibility index (Phi) is 3.31.